The SMILES string of the molecule is CC(C)Oc1ccccc1Nc1ccc(C(=O)Nc2c(F)cccc2F)cn1. The van der Waals surface area contributed by atoms with Crippen molar-refractivity contribution in [2.45, 2.75) is 20.0 Å². The molecule has 0 spiro atoms. The van der Waals surface area contributed by atoms with Crippen LogP contribution in [0, 0.1) is 11.6 Å². The van der Waals surface area contributed by atoms with E-state index in [9.17, 15) is 13.6 Å². The summed E-state index contributed by atoms with van der Waals surface area (Å²) in [7, 11) is 0. The van der Waals surface area contributed by atoms with Crippen molar-refractivity contribution in [1.82, 2.24) is 4.98 Å². The number of nitrogens with zero attached hydrogens (tertiary/aromatic N) is 1. The van der Waals surface area contributed by atoms with E-state index >= 15 is 0 Å². The summed E-state index contributed by atoms with van der Waals surface area (Å²) >= 11 is 0. The maximum absolute atomic E-state index is 13.7. The van der Waals surface area contributed by atoms with Gasteiger partial charge in [-0.15, -0.1) is 0 Å². The molecule has 0 aliphatic heterocycles. The van der Waals surface area contributed by atoms with Crippen molar-refractivity contribution in [3.05, 3.63) is 78.0 Å². The predicted octanol–water partition coefficient (Wildman–Crippen LogP) is 5.14. The summed E-state index contributed by atoms with van der Waals surface area (Å²) in [5.74, 6) is -1.18. The first-order valence-electron chi connectivity index (χ1n) is 8.68. The van der Waals surface area contributed by atoms with Gasteiger partial charge in [-0.3, -0.25) is 4.79 Å². The summed E-state index contributed by atoms with van der Waals surface area (Å²) in [5, 5.41) is 5.35. The second-order valence-electron chi connectivity index (χ2n) is 6.27. The molecule has 0 unspecified atom stereocenters. The number of ether oxygens (including phenoxy) is 1. The fourth-order valence-electron chi connectivity index (χ4n) is 2.47. The Morgan fingerprint density at radius 2 is 1.71 bits per heavy atom. The number of rotatable bonds is 6. The number of amides is 1. The molecule has 3 rings (SSSR count). The highest BCUT2D eigenvalue weighted by atomic mass is 19.1. The number of halogens is 2. The zero-order chi connectivity index (χ0) is 20.1. The number of para-hydroxylation sites is 3. The van der Waals surface area contributed by atoms with Crippen LogP contribution in [0.2, 0.25) is 0 Å². The maximum atomic E-state index is 13.7. The molecule has 144 valence electrons. The highest BCUT2D eigenvalue weighted by Gasteiger charge is 2.14. The van der Waals surface area contributed by atoms with Crippen molar-refractivity contribution in [1.29, 1.82) is 0 Å². The molecule has 0 bridgehead atoms. The third-order valence-corrected chi connectivity index (χ3v) is 3.74. The molecule has 0 atom stereocenters. The average molecular weight is 383 g/mol. The molecule has 7 heteroatoms. The maximum Gasteiger partial charge on any atom is 0.257 e. The van der Waals surface area contributed by atoms with Gasteiger partial charge in [0, 0.05) is 6.20 Å². The largest absolute Gasteiger partial charge is 0.489 e. The van der Waals surface area contributed by atoms with Gasteiger partial charge in [-0.05, 0) is 50.2 Å². The second-order valence-corrected chi connectivity index (χ2v) is 6.27. The number of hydrogen-bond acceptors (Lipinski definition) is 4. The Morgan fingerprint density at radius 1 is 1.00 bits per heavy atom. The first kappa shape index (κ1) is 19.3. The summed E-state index contributed by atoms with van der Waals surface area (Å²) < 4.78 is 33.1. The topological polar surface area (TPSA) is 63.2 Å². The van der Waals surface area contributed by atoms with E-state index in [0.717, 1.165) is 17.8 Å². The summed E-state index contributed by atoms with van der Waals surface area (Å²) in [6.45, 7) is 3.86. The number of hydrogen-bond donors (Lipinski definition) is 2. The summed E-state index contributed by atoms with van der Waals surface area (Å²) in [4.78, 5) is 16.4. The number of anilines is 3. The van der Waals surface area contributed by atoms with Crippen LogP contribution in [0.4, 0.5) is 26.0 Å². The molecule has 5 nitrogen and oxygen atoms in total. The van der Waals surface area contributed by atoms with Crippen LogP contribution in [-0.2, 0) is 0 Å². The number of pyridine rings is 1. The van der Waals surface area contributed by atoms with Crippen molar-refractivity contribution < 1.29 is 18.3 Å². The van der Waals surface area contributed by atoms with E-state index in [1.165, 1.54) is 18.3 Å². The zero-order valence-corrected chi connectivity index (χ0v) is 15.4. The van der Waals surface area contributed by atoms with Crippen LogP contribution in [-0.4, -0.2) is 17.0 Å². The van der Waals surface area contributed by atoms with Gasteiger partial charge < -0.3 is 15.4 Å². The predicted molar refractivity (Wildman–Crippen MR) is 104 cm³/mol. The molecule has 0 aliphatic rings. The van der Waals surface area contributed by atoms with Crippen molar-refractivity contribution >= 4 is 23.1 Å². The van der Waals surface area contributed by atoms with Gasteiger partial charge in [-0.1, -0.05) is 18.2 Å². The van der Waals surface area contributed by atoms with Gasteiger partial charge in [-0.25, -0.2) is 13.8 Å². The Hall–Kier alpha value is -3.48. The molecule has 3 aromatic rings. The highest BCUT2D eigenvalue weighted by molar-refractivity contribution is 6.04. The van der Waals surface area contributed by atoms with Crippen molar-refractivity contribution in [3.8, 4) is 5.75 Å². The standard InChI is InChI=1S/C21H19F2N3O2/c1-13(2)28-18-9-4-3-8-17(18)25-19-11-10-14(12-24-19)21(27)26-20-15(22)6-5-7-16(20)23/h3-13H,1-2H3,(H,24,25)(H,26,27). The number of carbonyl (C=O) groups excluding carboxylic acids is 1. The van der Waals surface area contributed by atoms with Crippen molar-refractivity contribution in [2.75, 3.05) is 10.6 Å². The minimum absolute atomic E-state index is 0.0146. The second kappa shape index (κ2) is 8.47. The lowest BCUT2D eigenvalue weighted by atomic mass is 10.2. The van der Waals surface area contributed by atoms with E-state index in [2.05, 4.69) is 15.6 Å². The van der Waals surface area contributed by atoms with E-state index < -0.39 is 23.2 Å². The Labute approximate surface area is 161 Å². The molecule has 0 aliphatic carbocycles. The molecule has 0 saturated heterocycles. The first-order valence-corrected chi connectivity index (χ1v) is 8.68. The molecule has 28 heavy (non-hydrogen) atoms. The number of carbonyl (C=O) groups is 1. The fourth-order valence-corrected chi connectivity index (χ4v) is 2.47. The lowest BCUT2D eigenvalue weighted by Crippen LogP contribution is -2.14. The van der Waals surface area contributed by atoms with Gasteiger partial charge in [0.1, 0.15) is 28.9 Å². The molecule has 1 amide bonds. The summed E-state index contributed by atoms with van der Waals surface area (Å²) in [6.07, 6.45) is 1.34. The van der Waals surface area contributed by atoms with Crippen LogP contribution in [0.15, 0.2) is 60.8 Å². The molecular weight excluding hydrogens is 364 g/mol. The smallest absolute Gasteiger partial charge is 0.257 e. The number of nitrogens with one attached hydrogen (secondary N) is 2. The van der Waals surface area contributed by atoms with Crippen LogP contribution < -0.4 is 15.4 Å². The lowest BCUT2D eigenvalue weighted by molar-refractivity contribution is 0.102. The van der Waals surface area contributed by atoms with E-state index in [0.29, 0.717) is 11.6 Å². The monoisotopic (exact) mass is 383 g/mol. The molecule has 2 aromatic carbocycles. The van der Waals surface area contributed by atoms with Gasteiger partial charge in [0.15, 0.2) is 0 Å². The first-order chi connectivity index (χ1) is 13.4. The Morgan fingerprint density at radius 3 is 2.36 bits per heavy atom. The quantitative estimate of drug-likeness (QED) is 0.618. The van der Waals surface area contributed by atoms with Gasteiger partial charge in [0.05, 0.1) is 17.4 Å². The van der Waals surface area contributed by atoms with Crippen LogP contribution in [0.25, 0.3) is 0 Å². The molecule has 1 aromatic heterocycles. The Balaban J connectivity index is 1.73. The third-order valence-electron chi connectivity index (χ3n) is 3.74. The minimum Gasteiger partial charge on any atom is -0.489 e. The average Bonchev–Trinajstić information content (AvgIpc) is 2.66. The fraction of sp³-hybridized carbons (Fsp3) is 0.143. The van der Waals surface area contributed by atoms with Crippen LogP contribution in [0.1, 0.15) is 24.2 Å². The zero-order valence-electron chi connectivity index (χ0n) is 15.4. The highest BCUT2D eigenvalue weighted by Crippen LogP contribution is 2.27. The molecule has 2 N–H and O–H groups in total. The van der Waals surface area contributed by atoms with Crippen LogP contribution in [0.5, 0.6) is 5.75 Å². The van der Waals surface area contributed by atoms with E-state index in [1.807, 2.05) is 38.1 Å². The third kappa shape index (κ3) is 4.62. The minimum atomic E-state index is -0.846. The number of benzene rings is 2. The van der Waals surface area contributed by atoms with Gasteiger partial charge in [0.2, 0.25) is 0 Å². The normalized spacial score (nSPS) is 10.6. The number of aromatic nitrogens is 1. The van der Waals surface area contributed by atoms with E-state index in [-0.39, 0.29) is 11.7 Å². The molecule has 1 heterocycles. The van der Waals surface area contributed by atoms with Crippen molar-refractivity contribution in [2.24, 2.45) is 0 Å². The Bertz CT molecular complexity index is 955. The van der Waals surface area contributed by atoms with E-state index in [4.69, 9.17) is 4.74 Å². The molecule has 0 fully saturated rings. The Kier molecular flexibility index (Phi) is 5.84. The van der Waals surface area contributed by atoms with Gasteiger partial charge >= 0.3 is 0 Å². The van der Waals surface area contributed by atoms with Gasteiger partial charge in [0.25, 0.3) is 5.91 Å². The molecule has 0 saturated carbocycles. The van der Waals surface area contributed by atoms with Crippen molar-refractivity contribution in [3.63, 3.8) is 0 Å². The van der Waals surface area contributed by atoms with Crippen LogP contribution in [0.3, 0.4) is 0 Å². The molecular formula is C21H19F2N3O2. The summed E-state index contributed by atoms with van der Waals surface area (Å²) in [5.41, 5.74) is 0.406. The van der Waals surface area contributed by atoms with Crippen LogP contribution >= 0.6 is 0 Å². The van der Waals surface area contributed by atoms with Gasteiger partial charge in [-0.2, -0.15) is 0 Å². The summed E-state index contributed by atoms with van der Waals surface area (Å²) in [6, 6.07) is 13.9. The van der Waals surface area contributed by atoms with E-state index in [1.54, 1.807) is 6.07 Å². The molecule has 0 radical (unpaired) electrons. The lowest BCUT2D eigenvalue weighted by Gasteiger charge is -2.15.